The zero-order chi connectivity index (χ0) is 14.0. The molecule has 3 heteroatoms. The summed E-state index contributed by atoms with van der Waals surface area (Å²) in [5, 5.41) is 0.828. The Bertz CT molecular complexity index is 440. The standard InChI is InChI=1S/C16H25ClN2/c1-12(18)13-5-6-15(14(17)11-13)19-9-4-7-16(2,3)8-10-19/h5-6,11-12H,4,7-10,18H2,1-3H3/t12-/m0/s1. The molecule has 0 bridgehead atoms. The average Bonchev–Trinajstić information content (AvgIpc) is 2.50. The van der Waals surface area contributed by atoms with E-state index in [0.29, 0.717) is 5.41 Å². The van der Waals surface area contributed by atoms with Crippen LogP contribution in [-0.4, -0.2) is 13.1 Å². The maximum atomic E-state index is 6.43. The number of nitrogens with zero attached hydrogens (tertiary/aromatic N) is 1. The lowest BCUT2D eigenvalue weighted by Crippen LogP contribution is -2.25. The van der Waals surface area contributed by atoms with Crippen molar-refractivity contribution in [1.82, 2.24) is 0 Å². The molecule has 1 fully saturated rings. The van der Waals surface area contributed by atoms with Gasteiger partial charge in [-0.2, -0.15) is 0 Å². The Balaban J connectivity index is 2.18. The van der Waals surface area contributed by atoms with Gasteiger partial charge in [-0.05, 0) is 49.3 Å². The van der Waals surface area contributed by atoms with Gasteiger partial charge in [0.05, 0.1) is 10.7 Å². The van der Waals surface area contributed by atoms with Gasteiger partial charge in [0.2, 0.25) is 0 Å². The van der Waals surface area contributed by atoms with Crippen LogP contribution in [0.1, 0.15) is 51.6 Å². The van der Waals surface area contributed by atoms with E-state index < -0.39 is 0 Å². The molecule has 1 saturated heterocycles. The quantitative estimate of drug-likeness (QED) is 0.871. The fraction of sp³-hybridized carbons (Fsp3) is 0.625. The van der Waals surface area contributed by atoms with Gasteiger partial charge in [0.1, 0.15) is 0 Å². The van der Waals surface area contributed by atoms with Gasteiger partial charge in [-0.15, -0.1) is 0 Å². The molecule has 2 nitrogen and oxygen atoms in total. The van der Waals surface area contributed by atoms with Crippen molar-refractivity contribution >= 4 is 17.3 Å². The van der Waals surface area contributed by atoms with Crippen molar-refractivity contribution in [2.75, 3.05) is 18.0 Å². The van der Waals surface area contributed by atoms with Crippen LogP contribution in [0.5, 0.6) is 0 Å². The van der Waals surface area contributed by atoms with Crippen molar-refractivity contribution in [3.05, 3.63) is 28.8 Å². The summed E-state index contributed by atoms with van der Waals surface area (Å²) >= 11 is 6.43. The normalized spacial score (nSPS) is 21.0. The van der Waals surface area contributed by atoms with Gasteiger partial charge in [-0.3, -0.25) is 0 Å². The minimum Gasteiger partial charge on any atom is -0.370 e. The Labute approximate surface area is 121 Å². The molecule has 1 aliphatic rings. The average molecular weight is 281 g/mol. The van der Waals surface area contributed by atoms with Crippen LogP contribution in [0.4, 0.5) is 5.69 Å². The molecule has 0 aromatic heterocycles. The highest BCUT2D eigenvalue weighted by atomic mass is 35.5. The Morgan fingerprint density at radius 2 is 2.00 bits per heavy atom. The van der Waals surface area contributed by atoms with Crippen LogP contribution in [0.25, 0.3) is 0 Å². The molecule has 19 heavy (non-hydrogen) atoms. The van der Waals surface area contributed by atoms with Gasteiger partial charge in [0, 0.05) is 19.1 Å². The maximum absolute atomic E-state index is 6.43. The van der Waals surface area contributed by atoms with E-state index in [0.717, 1.165) is 29.4 Å². The first-order valence-electron chi connectivity index (χ1n) is 7.19. The molecule has 0 spiro atoms. The number of anilines is 1. The maximum Gasteiger partial charge on any atom is 0.0642 e. The molecule has 1 aliphatic heterocycles. The third-order valence-electron chi connectivity index (χ3n) is 4.18. The fourth-order valence-corrected chi connectivity index (χ4v) is 3.04. The summed E-state index contributed by atoms with van der Waals surface area (Å²) in [6, 6.07) is 6.27. The smallest absolute Gasteiger partial charge is 0.0642 e. The molecule has 1 heterocycles. The van der Waals surface area contributed by atoms with Crippen LogP contribution in [0.3, 0.4) is 0 Å². The Hall–Kier alpha value is -0.730. The molecule has 1 aromatic rings. The first-order valence-corrected chi connectivity index (χ1v) is 7.57. The van der Waals surface area contributed by atoms with E-state index >= 15 is 0 Å². The number of hydrogen-bond donors (Lipinski definition) is 1. The van der Waals surface area contributed by atoms with Crippen LogP contribution in [0.2, 0.25) is 5.02 Å². The molecular formula is C16H25ClN2. The molecule has 0 saturated carbocycles. The van der Waals surface area contributed by atoms with Crippen LogP contribution in [0.15, 0.2) is 18.2 Å². The molecular weight excluding hydrogens is 256 g/mol. The Morgan fingerprint density at radius 3 is 2.63 bits per heavy atom. The van der Waals surface area contributed by atoms with Gasteiger partial charge in [0.15, 0.2) is 0 Å². The summed E-state index contributed by atoms with van der Waals surface area (Å²) in [5.74, 6) is 0. The fourth-order valence-electron chi connectivity index (χ4n) is 2.73. The molecule has 0 radical (unpaired) electrons. The highest BCUT2D eigenvalue weighted by molar-refractivity contribution is 6.33. The summed E-state index contributed by atoms with van der Waals surface area (Å²) in [6.45, 7) is 8.89. The second kappa shape index (κ2) is 5.72. The molecule has 0 aliphatic carbocycles. The molecule has 2 rings (SSSR count). The second-order valence-electron chi connectivity index (χ2n) is 6.50. The van der Waals surface area contributed by atoms with Crippen LogP contribution in [-0.2, 0) is 0 Å². The highest BCUT2D eigenvalue weighted by Gasteiger charge is 2.24. The number of rotatable bonds is 2. The summed E-state index contributed by atoms with van der Waals surface area (Å²) in [7, 11) is 0. The van der Waals surface area contributed by atoms with E-state index in [1.807, 2.05) is 13.0 Å². The van der Waals surface area contributed by atoms with Crippen molar-refractivity contribution in [3.8, 4) is 0 Å². The van der Waals surface area contributed by atoms with E-state index in [4.69, 9.17) is 17.3 Å². The summed E-state index contributed by atoms with van der Waals surface area (Å²) < 4.78 is 0. The largest absolute Gasteiger partial charge is 0.370 e. The number of nitrogens with two attached hydrogens (primary N) is 1. The number of benzene rings is 1. The topological polar surface area (TPSA) is 29.3 Å². The van der Waals surface area contributed by atoms with E-state index in [-0.39, 0.29) is 6.04 Å². The van der Waals surface area contributed by atoms with Crippen LogP contribution < -0.4 is 10.6 Å². The zero-order valence-electron chi connectivity index (χ0n) is 12.2. The monoisotopic (exact) mass is 280 g/mol. The first-order chi connectivity index (χ1) is 8.89. The molecule has 1 aromatic carbocycles. The van der Waals surface area contributed by atoms with Gasteiger partial charge in [0.25, 0.3) is 0 Å². The molecule has 1 atom stereocenters. The van der Waals surface area contributed by atoms with Crippen molar-refractivity contribution in [2.24, 2.45) is 11.1 Å². The molecule has 106 valence electrons. The minimum absolute atomic E-state index is 0.0367. The third-order valence-corrected chi connectivity index (χ3v) is 4.48. The lowest BCUT2D eigenvalue weighted by molar-refractivity contribution is 0.325. The second-order valence-corrected chi connectivity index (χ2v) is 6.91. The molecule has 0 unspecified atom stereocenters. The lowest BCUT2D eigenvalue weighted by Gasteiger charge is -2.26. The van der Waals surface area contributed by atoms with Gasteiger partial charge >= 0.3 is 0 Å². The van der Waals surface area contributed by atoms with Crippen LogP contribution >= 0.6 is 11.6 Å². The highest BCUT2D eigenvalue weighted by Crippen LogP contribution is 2.34. The molecule has 2 N–H and O–H groups in total. The van der Waals surface area contributed by atoms with Gasteiger partial charge in [-0.25, -0.2) is 0 Å². The molecule has 0 amide bonds. The van der Waals surface area contributed by atoms with Crippen molar-refractivity contribution in [3.63, 3.8) is 0 Å². The van der Waals surface area contributed by atoms with E-state index in [1.54, 1.807) is 0 Å². The van der Waals surface area contributed by atoms with Crippen molar-refractivity contribution in [1.29, 1.82) is 0 Å². The third kappa shape index (κ3) is 3.64. The number of hydrogen-bond acceptors (Lipinski definition) is 2. The zero-order valence-corrected chi connectivity index (χ0v) is 13.0. The first kappa shape index (κ1) is 14.7. The minimum atomic E-state index is 0.0367. The van der Waals surface area contributed by atoms with E-state index in [1.165, 1.54) is 19.3 Å². The van der Waals surface area contributed by atoms with Gasteiger partial charge in [-0.1, -0.05) is 31.5 Å². The number of halogens is 1. The predicted octanol–water partition coefficient (Wildman–Crippen LogP) is 4.38. The summed E-state index contributed by atoms with van der Waals surface area (Å²) in [4.78, 5) is 2.42. The predicted molar refractivity (Wildman–Crippen MR) is 83.9 cm³/mol. The van der Waals surface area contributed by atoms with Crippen molar-refractivity contribution in [2.45, 2.75) is 46.1 Å². The Kier molecular flexibility index (Phi) is 4.42. The lowest BCUT2D eigenvalue weighted by atomic mass is 9.85. The van der Waals surface area contributed by atoms with E-state index in [2.05, 4.69) is 30.9 Å². The Morgan fingerprint density at radius 1 is 1.26 bits per heavy atom. The van der Waals surface area contributed by atoms with E-state index in [9.17, 15) is 0 Å². The van der Waals surface area contributed by atoms with Gasteiger partial charge < -0.3 is 10.6 Å². The van der Waals surface area contributed by atoms with Crippen LogP contribution in [0, 0.1) is 5.41 Å². The summed E-state index contributed by atoms with van der Waals surface area (Å²) in [6.07, 6.45) is 3.75. The SMILES string of the molecule is C[C@H](N)c1ccc(N2CCCC(C)(C)CC2)c(Cl)c1. The van der Waals surface area contributed by atoms with Crippen molar-refractivity contribution < 1.29 is 0 Å². The summed E-state index contributed by atoms with van der Waals surface area (Å²) in [5.41, 5.74) is 8.61.